The fourth-order valence-electron chi connectivity index (χ4n) is 2.07. The van der Waals surface area contributed by atoms with Gasteiger partial charge >= 0.3 is 0 Å². The lowest BCUT2D eigenvalue weighted by Crippen LogP contribution is -2.24. The first-order valence-corrected chi connectivity index (χ1v) is 11.0. The minimum Gasteiger partial charge on any atom is -0.544 e. The van der Waals surface area contributed by atoms with E-state index < -0.39 is 8.32 Å². The van der Waals surface area contributed by atoms with Crippen LogP contribution in [0.3, 0.4) is 0 Å². The van der Waals surface area contributed by atoms with E-state index >= 15 is 0 Å². The van der Waals surface area contributed by atoms with Crippen LogP contribution < -0.4 is 4.74 Å². The van der Waals surface area contributed by atoms with Crippen molar-refractivity contribution in [3.8, 4) is 5.75 Å². The zero-order valence-electron chi connectivity index (χ0n) is 13.8. The molecule has 0 amide bonds. The first kappa shape index (κ1) is 16.4. The van der Waals surface area contributed by atoms with Gasteiger partial charge in [0.1, 0.15) is 18.1 Å². The Bertz CT molecular complexity index is 610. The summed E-state index contributed by atoms with van der Waals surface area (Å²) in [4.78, 5) is 0. The van der Waals surface area contributed by atoms with Crippen LogP contribution in [0.15, 0.2) is 60.7 Å². The van der Waals surface area contributed by atoms with E-state index in [0.717, 1.165) is 17.1 Å². The van der Waals surface area contributed by atoms with Crippen LogP contribution in [-0.4, -0.2) is 8.32 Å². The molecule has 0 aliphatic carbocycles. The van der Waals surface area contributed by atoms with Crippen molar-refractivity contribution in [2.24, 2.45) is 0 Å². The van der Waals surface area contributed by atoms with Gasteiger partial charge in [0.2, 0.25) is 8.32 Å². The van der Waals surface area contributed by atoms with Crippen LogP contribution in [0.25, 0.3) is 5.76 Å². The number of allylic oxidation sites excluding steroid dienone is 1. The van der Waals surface area contributed by atoms with E-state index in [4.69, 9.17) is 9.16 Å². The molecule has 22 heavy (non-hydrogen) atoms. The van der Waals surface area contributed by atoms with Gasteiger partial charge in [0.25, 0.3) is 0 Å². The molecular formula is C19H24O2Si. The minimum atomic E-state index is -1.60. The van der Waals surface area contributed by atoms with E-state index in [0.29, 0.717) is 6.61 Å². The number of hydrogen-bond donors (Lipinski definition) is 0. The maximum atomic E-state index is 6.10. The van der Waals surface area contributed by atoms with E-state index in [1.807, 2.05) is 43.3 Å². The van der Waals surface area contributed by atoms with Crippen molar-refractivity contribution in [1.29, 1.82) is 0 Å². The van der Waals surface area contributed by atoms with Gasteiger partial charge in [-0.15, -0.1) is 0 Å². The average Bonchev–Trinajstić information content (AvgIpc) is 2.51. The Morgan fingerprint density at radius 2 is 1.59 bits per heavy atom. The van der Waals surface area contributed by atoms with Gasteiger partial charge in [-0.2, -0.15) is 0 Å². The first-order chi connectivity index (χ1) is 10.5. The van der Waals surface area contributed by atoms with E-state index in [2.05, 4.69) is 43.9 Å². The zero-order valence-corrected chi connectivity index (χ0v) is 14.8. The third kappa shape index (κ3) is 5.08. The van der Waals surface area contributed by atoms with Gasteiger partial charge in [-0.3, -0.25) is 0 Å². The number of hydrogen-bond acceptors (Lipinski definition) is 2. The largest absolute Gasteiger partial charge is 0.544 e. The molecule has 0 aliphatic rings. The van der Waals surface area contributed by atoms with Gasteiger partial charge in [-0.25, -0.2) is 0 Å². The molecule has 0 spiro atoms. The summed E-state index contributed by atoms with van der Waals surface area (Å²) in [6.07, 6.45) is 2.03. The fourth-order valence-corrected chi connectivity index (χ4v) is 2.97. The molecule has 2 aromatic carbocycles. The highest BCUT2D eigenvalue weighted by Crippen LogP contribution is 2.23. The van der Waals surface area contributed by atoms with Gasteiger partial charge in [0, 0.05) is 5.56 Å². The molecule has 2 aromatic rings. The van der Waals surface area contributed by atoms with E-state index in [9.17, 15) is 0 Å². The molecule has 0 N–H and O–H groups in total. The molecule has 0 fully saturated rings. The summed E-state index contributed by atoms with van der Waals surface area (Å²) in [7, 11) is -1.60. The van der Waals surface area contributed by atoms with E-state index in [1.165, 1.54) is 5.56 Å². The number of ether oxygens (including phenoxy) is 1. The third-order valence-electron chi connectivity index (χ3n) is 3.07. The predicted molar refractivity (Wildman–Crippen MR) is 95.3 cm³/mol. The maximum absolute atomic E-state index is 6.10. The topological polar surface area (TPSA) is 18.5 Å². The molecule has 0 radical (unpaired) electrons. The molecule has 0 aromatic heterocycles. The second-order valence-corrected chi connectivity index (χ2v) is 10.6. The van der Waals surface area contributed by atoms with Gasteiger partial charge in [0.15, 0.2) is 0 Å². The third-order valence-corrected chi connectivity index (χ3v) is 3.90. The summed E-state index contributed by atoms with van der Waals surface area (Å²) >= 11 is 0. The van der Waals surface area contributed by atoms with Crippen LogP contribution in [0, 0.1) is 0 Å². The Morgan fingerprint density at radius 3 is 2.14 bits per heavy atom. The molecule has 0 atom stereocenters. The lowest BCUT2D eigenvalue weighted by atomic mass is 10.2. The molecular weight excluding hydrogens is 288 g/mol. The molecule has 0 saturated carbocycles. The lowest BCUT2D eigenvalue weighted by molar-refractivity contribution is 0.306. The van der Waals surface area contributed by atoms with Gasteiger partial charge in [-0.1, -0.05) is 30.3 Å². The van der Waals surface area contributed by atoms with Gasteiger partial charge < -0.3 is 9.16 Å². The quantitative estimate of drug-likeness (QED) is 0.519. The van der Waals surface area contributed by atoms with Crippen LogP contribution in [0.4, 0.5) is 0 Å². The molecule has 0 aliphatic heterocycles. The van der Waals surface area contributed by atoms with Crippen molar-refractivity contribution in [1.82, 2.24) is 0 Å². The molecule has 116 valence electrons. The highest BCUT2D eigenvalue weighted by atomic mass is 28.4. The number of benzene rings is 2. The first-order valence-electron chi connectivity index (χ1n) is 7.60. The summed E-state index contributed by atoms with van der Waals surface area (Å²) in [5.74, 6) is 1.82. The monoisotopic (exact) mass is 312 g/mol. The second kappa shape index (κ2) is 7.32. The molecule has 0 heterocycles. The summed E-state index contributed by atoms with van der Waals surface area (Å²) in [5.41, 5.74) is 2.26. The van der Waals surface area contributed by atoms with E-state index in [-0.39, 0.29) is 0 Å². The minimum absolute atomic E-state index is 0.585. The summed E-state index contributed by atoms with van der Waals surface area (Å²) in [6, 6.07) is 18.3. The van der Waals surface area contributed by atoms with Crippen molar-refractivity contribution in [3.05, 3.63) is 71.8 Å². The van der Waals surface area contributed by atoms with Crippen molar-refractivity contribution in [2.45, 2.75) is 33.2 Å². The Labute approximate surface area is 134 Å². The fraction of sp³-hybridized carbons (Fsp3) is 0.263. The van der Waals surface area contributed by atoms with Crippen LogP contribution in [0.1, 0.15) is 18.1 Å². The normalized spacial score (nSPS) is 12.1. The smallest absolute Gasteiger partial charge is 0.242 e. The maximum Gasteiger partial charge on any atom is 0.242 e. The van der Waals surface area contributed by atoms with Crippen molar-refractivity contribution in [2.75, 3.05) is 0 Å². The molecule has 0 unspecified atom stereocenters. The average molecular weight is 312 g/mol. The standard InChI is InChI=1S/C19H24O2Si/c1-5-19(21-22(2,3)4)17-11-13-18(14-12-17)20-15-16-9-7-6-8-10-16/h5-14H,15H2,1-4H3. The predicted octanol–water partition coefficient (Wildman–Crippen LogP) is 5.48. The summed E-state index contributed by atoms with van der Waals surface area (Å²) < 4.78 is 11.9. The Kier molecular flexibility index (Phi) is 5.44. The summed E-state index contributed by atoms with van der Waals surface area (Å²) in [5, 5.41) is 0. The van der Waals surface area contributed by atoms with Crippen LogP contribution in [-0.2, 0) is 11.0 Å². The molecule has 0 saturated heterocycles. The molecule has 3 heteroatoms. The van der Waals surface area contributed by atoms with Crippen LogP contribution >= 0.6 is 0 Å². The Balaban J connectivity index is 2.00. The Hall–Kier alpha value is -2.00. The summed E-state index contributed by atoms with van der Waals surface area (Å²) in [6.45, 7) is 9.16. The van der Waals surface area contributed by atoms with Crippen LogP contribution in [0.5, 0.6) is 5.75 Å². The van der Waals surface area contributed by atoms with Gasteiger partial charge in [-0.05, 0) is 62.5 Å². The van der Waals surface area contributed by atoms with Crippen molar-refractivity contribution in [3.63, 3.8) is 0 Å². The molecule has 2 rings (SSSR count). The van der Waals surface area contributed by atoms with Crippen molar-refractivity contribution >= 4 is 14.1 Å². The number of rotatable bonds is 6. The second-order valence-electron chi connectivity index (χ2n) is 6.17. The highest BCUT2D eigenvalue weighted by Gasteiger charge is 2.18. The Morgan fingerprint density at radius 1 is 0.955 bits per heavy atom. The van der Waals surface area contributed by atoms with Gasteiger partial charge in [0.05, 0.1) is 0 Å². The SMILES string of the molecule is CC=C(O[Si](C)(C)C)c1ccc(OCc2ccccc2)cc1. The van der Waals surface area contributed by atoms with E-state index in [1.54, 1.807) is 0 Å². The van der Waals surface area contributed by atoms with Crippen LogP contribution in [0.2, 0.25) is 19.6 Å². The highest BCUT2D eigenvalue weighted by molar-refractivity contribution is 6.70. The van der Waals surface area contributed by atoms with Crippen molar-refractivity contribution < 1.29 is 9.16 Å². The molecule has 0 bridgehead atoms. The zero-order chi connectivity index (χ0) is 16.0. The molecule has 2 nitrogen and oxygen atoms in total. The lowest BCUT2D eigenvalue weighted by Gasteiger charge is -2.22.